The van der Waals surface area contributed by atoms with Crippen LogP contribution in [-0.2, 0) is 14.6 Å². The Kier molecular flexibility index (Phi) is 5.82. The summed E-state index contributed by atoms with van der Waals surface area (Å²) in [5.41, 5.74) is 0.571. The van der Waals surface area contributed by atoms with Gasteiger partial charge in [0.1, 0.15) is 6.61 Å². The Morgan fingerprint density at radius 1 is 1.19 bits per heavy atom. The smallest absolute Gasteiger partial charge is 0.411 e. The van der Waals surface area contributed by atoms with Crippen molar-refractivity contribution in [3.8, 4) is 0 Å². The molecule has 0 bridgehead atoms. The average Bonchev–Trinajstić information content (AvgIpc) is 3.14. The predicted molar refractivity (Wildman–Crippen MR) is 93.4 cm³/mol. The molecule has 9 nitrogen and oxygen atoms in total. The number of nitrogens with one attached hydrogen (secondary N) is 1. The molecule has 1 aromatic heterocycles. The van der Waals surface area contributed by atoms with Gasteiger partial charge in [0, 0.05) is 5.69 Å². The number of para-hydroxylation sites is 1. The number of hydrogen-bond donors (Lipinski definition) is 1. The van der Waals surface area contributed by atoms with Crippen LogP contribution in [0.15, 0.2) is 35.5 Å². The number of anilines is 1. The van der Waals surface area contributed by atoms with E-state index in [2.05, 4.69) is 20.8 Å². The molecule has 0 aliphatic heterocycles. The van der Waals surface area contributed by atoms with Crippen molar-refractivity contribution in [2.24, 2.45) is 0 Å². The summed E-state index contributed by atoms with van der Waals surface area (Å²) >= 11 is 0. The highest BCUT2D eigenvalue weighted by Crippen LogP contribution is 2.28. The van der Waals surface area contributed by atoms with Crippen LogP contribution in [0.5, 0.6) is 0 Å². The maximum absolute atomic E-state index is 12.5. The number of benzene rings is 1. The largest absolute Gasteiger partial charge is 0.448 e. The quantitative estimate of drug-likeness (QED) is 0.818. The molecule has 0 unspecified atom stereocenters. The first-order chi connectivity index (χ1) is 12.6. The van der Waals surface area contributed by atoms with Crippen LogP contribution in [0.1, 0.15) is 38.1 Å². The molecule has 1 aromatic carbocycles. The Morgan fingerprint density at radius 3 is 2.65 bits per heavy atom. The Morgan fingerprint density at radius 2 is 1.92 bits per heavy atom. The van der Waals surface area contributed by atoms with Gasteiger partial charge < -0.3 is 4.74 Å². The van der Waals surface area contributed by atoms with Gasteiger partial charge in [0.25, 0.3) is 5.16 Å². The molecular formula is C16H21N5O4S. The van der Waals surface area contributed by atoms with Crippen LogP contribution in [-0.4, -0.2) is 47.1 Å². The van der Waals surface area contributed by atoms with Gasteiger partial charge in [-0.1, -0.05) is 42.6 Å². The van der Waals surface area contributed by atoms with E-state index >= 15 is 0 Å². The third kappa shape index (κ3) is 4.57. The number of sulfone groups is 1. The van der Waals surface area contributed by atoms with Gasteiger partial charge in [0.2, 0.25) is 9.84 Å². The molecule has 0 spiro atoms. The molecule has 0 radical (unpaired) electrons. The number of tetrazole rings is 1. The van der Waals surface area contributed by atoms with Gasteiger partial charge in [0.05, 0.1) is 11.8 Å². The molecule has 140 valence electrons. The fraction of sp³-hybridized carbons (Fsp3) is 0.500. The highest BCUT2D eigenvalue weighted by molar-refractivity contribution is 7.91. The van der Waals surface area contributed by atoms with E-state index in [0.29, 0.717) is 5.69 Å². The summed E-state index contributed by atoms with van der Waals surface area (Å²) in [5.74, 6) is -0.373. The number of aromatic nitrogens is 4. The molecule has 1 saturated carbocycles. The fourth-order valence-electron chi connectivity index (χ4n) is 2.96. The number of carbonyl (C=O) groups is 1. The zero-order chi connectivity index (χ0) is 18.4. The van der Waals surface area contributed by atoms with Gasteiger partial charge in [-0.05, 0) is 35.4 Å². The van der Waals surface area contributed by atoms with Crippen molar-refractivity contribution in [3.05, 3.63) is 30.3 Å². The van der Waals surface area contributed by atoms with E-state index < -0.39 is 15.9 Å². The Labute approximate surface area is 151 Å². The van der Waals surface area contributed by atoms with E-state index in [1.54, 1.807) is 24.3 Å². The first-order valence-corrected chi connectivity index (χ1v) is 10.2. The van der Waals surface area contributed by atoms with E-state index in [1.165, 1.54) is 4.68 Å². The minimum Gasteiger partial charge on any atom is -0.448 e. The van der Waals surface area contributed by atoms with Crippen LogP contribution in [0.25, 0.3) is 0 Å². The number of rotatable bonds is 6. The molecular weight excluding hydrogens is 358 g/mol. The molecule has 1 N–H and O–H groups in total. The molecule has 2 aromatic rings. The molecule has 1 fully saturated rings. The maximum Gasteiger partial charge on any atom is 0.411 e. The van der Waals surface area contributed by atoms with Crippen molar-refractivity contribution >= 4 is 21.6 Å². The van der Waals surface area contributed by atoms with Crippen LogP contribution in [0.4, 0.5) is 10.5 Å². The van der Waals surface area contributed by atoms with Crippen molar-refractivity contribution in [3.63, 3.8) is 0 Å². The van der Waals surface area contributed by atoms with E-state index in [9.17, 15) is 13.2 Å². The minimum absolute atomic E-state index is 0.00539. The number of carbonyl (C=O) groups excluding carboxylic acids is 1. The second kappa shape index (κ2) is 8.26. The van der Waals surface area contributed by atoms with Crippen molar-refractivity contribution in [1.29, 1.82) is 0 Å². The number of hydrogen-bond acceptors (Lipinski definition) is 7. The van der Waals surface area contributed by atoms with Gasteiger partial charge in [-0.15, -0.1) is 0 Å². The molecule has 3 rings (SSSR count). The summed E-state index contributed by atoms with van der Waals surface area (Å²) in [4.78, 5) is 11.7. The lowest BCUT2D eigenvalue weighted by Gasteiger charge is -2.22. The van der Waals surface area contributed by atoms with Crippen molar-refractivity contribution < 1.29 is 17.9 Å². The SMILES string of the molecule is O=C(Nc1ccccc1)OCCS(=O)(=O)c1nnnn1C1CCCCC1. The van der Waals surface area contributed by atoms with E-state index in [4.69, 9.17) is 4.74 Å². The molecule has 10 heteroatoms. The zero-order valence-corrected chi connectivity index (χ0v) is 15.1. The first-order valence-electron chi connectivity index (χ1n) is 8.56. The summed E-state index contributed by atoms with van der Waals surface area (Å²) in [6.45, 7) is -0.279. The van der Waals surface area contributed by atoms with Crippen molar-refractivity contribution in [2.45, 2.75) is 43.3 Å². The van der Waals surface area contributed by atoms with Crippen LogP contribution < -0.4 is 5.32 Å². The average molecular weight is 379 g/mol. The fourth-order valence-corrected chi connectivity index (χ4v) is 4.07. The standard InChI is InChI=1S/C16H21N5O4S/c22-16(17-13-7-3-1-4-8-13)25-11-12-26(23,24)15-18-19-20-21(15)14-9-5-2-6-10-14/h1,3-4,7-8,14H,2,5-6,9-12H2,(H,17,22). The maximum atomic E-state index is 12.5. The number of ether oxygens (including phenoxy) is 1. The van der Waals surface area contributed by atoms with Crippen LogP contribution in [0.2, 0.25) is 0 Å². The van der Waals surface area contributed by atoms with Crippen LogP contribution in [0, 0.1) is 0 Å². The Balaban J connectivity index is 1.56. The lowest BCUT2D eigenvalue weighted by molar-refractivity contribution is 0.168. The second-order valence-corrected chi connectivity index (χ2v) is 8.15. The molecule has 0 saturated heterocycles. The predicted octanol–water partition coefficient (Wildman–Crippen LogP) is 2.20. The third-order valence-electron chi connectivity index (χ3n) is 4.27. The minimum atomic E-state index is -3.74. The number of nitrogens with zero attached hydrogens (tertiary/aromatic N) is 4. The lowest BCUT2D eigenvalue weighted by Crippen LogP contribution is -2.24. The van der Waals surface area contributed by atoms with E-state index in [-0.39, 0.29) is 23.6 Å². The van der Waals surface area contributed by atoms with Gasteiger partial charge in [-0.3, -0.25) is 5.32 Å². The Bertz CT molecular complexity index is 831. The number of amides is 1. The monoisotopic (exact) mass is 379 g/mol. The molecule has 1 aliphatic carbocycles. The summed E-state index contributed by atoms with van der Waals surface area (Å²) in [5, 5.41) is 13.4. The van der Waals surface area contributed by atoms with Crippen LogP contribution >= 0.6 is 0 Å². The molecule has 26 heavy (non-hydrogen) atoms. The van der Waals surface area contributed by atoms with E-state index in [1.807, 2.05) is 6.07 Å². The summed E-state index contributed by atoms with van der Waals surface area (Å²) < 4.78 is 31.4. The van der Waals surface area contributed by atoms with Gasteiger partial charge in [-0.25, -0.2) is 17.9 Å². The topological polar surface area (TPSA) is 116 Å². The van der Waals surface area contributed by atoms with Crippen molar-refractivity contribution in [1.82, 2.24) is 20.2 Å². The first kappa shape index (κ1) is 18.3. The Hall–Kier alpha value is -2.49. The molecule has 1 heterocycles. The lowest BCUT2D eigenvalue weighted by atomic mass is 9.96. The van der Waals surface area contributed by atoms with Gasteiger partial charge in [0.15, 0.2) is 0 Å². The highest BCUT2D eigenvalue weighted by atomic mass is 32.2. The normalized spacial score (nSPS) is 15.5. The highest BCUT2D eigenvalue weighted by Gasteiger charge is 2.28. The second-order valence-electron chi connectivity index (χ2n) is 6.14. The van der Waals surface area contributed by atoms with Crippen molar-refractivity contribution in [2.75, 3.05) is 17.7 Å². The van der Waals surface area contributed by atoms with Gasteiger partial charge >= 0.3 is 6.09 Å². The van der Waals surface area contributed by atoms with E-state index in [0.717, 1.165) is 32.1 Å². The molecule has 0 atom stereocenters. The molecule has 1 aliphatic rings. The zero-order valence-electron chi connectivity index (χ0n) is 14.2. The van der Waals surface area contributed by atoms with Gasteiger partial charge in [-0.2, -0.15) is 0 Å². The molecule has 1 amide bonds. The summed E-state index contributed by atoms with van der Waals surface area (Å²) in [6, 6.07) is 8.77. The summed E-state index contributed by atoms with van der Waals surface area (Å²) in [7, 11) is -3.74. The third-order valence-corrected chi connectivity index (χ3v) is 5.80. The summed E-state index contributed by atoms with van der Waals surface area (Å²) in [6.07, 6.45) is 4.23. The van der Waals surface area contributed by atoms with Crippen LogP contribution in [0.3, 0.4) is 0 Å².